The van der Waals surface area contributed by atoms with Gasteiger partial charge in [-0.3, -0.25) is 9.88 Å². The van der Waals surface area contributed by atoms with E-state index in [2.05, 4.69) is 9.97 Å². The monoisotopic (exact) mass is 529 g/mol. The maximum Gasteiger partial charge on any atom is 0.419 e. The summed E-state index contributed by atoms with van der Waals surface area (Å²) in [5.41, 5.74) is -2.14. The number of nitrogens with zero attached hydrogens (tertiary/aromatic N) is 5. The molecule has 1 atom stereocenters. The van der Waals surface area contributed by atoms with Gasteiger partial charge in [0.05, 0.1) is 28.7 Å². The molecule has 5 rings (SSSR count). The lowest BCUT2D eigenvalue weighted by molar-refractivity contribution is -0.138. The van der Waals surface area contributed by atoms with Crippen molar-refractivity contribution in [3.05, 3.63) is 77.6 Å². The van der Waals surface area contributed by atoms with Crippen molar-refractivity contribution in [1.29, 1.82) is 5.26 Å². The number of alkyl halides is 3. The highest BCUT2D eigenvalue weighted by molar-refractivity contribution is 7.80. The molecule has 1 aromatic carbocycles. The van der Waals surface area contributed by atoms with Crippen LogP contribution in [0.1, 0.15) is 36.2 Å². The maximum atomic E-state index is 15.0. The Labute approximate surface area is 214 Å². The Morgan fingerprint density at radius 1 is 1.16 bits per heavy atom. The average molecular weight is 530 g/mol. The standard InChI is InChI=1S/C25H19F4N5O2S/c26-19-11-16(5-6-21(19)36-14-15-4-1-2-9-31-15)34-23(37)33(22(35)24(34)7-3-8-24)17-10-18(25(27,28)29)20(12-30)32-13-17/h1-2,4-6,9-11,13,22,35H,3,7-8,14H2. The number of benzene rings is 1. The molecule has 1 saturated carbocycles. The van der Waals surface area contributed by atoms with Crippen LogP contribution in [-0.4, -0.2) is 32.0 Å². The number of aliphatic hydroxyl groups is 1. The number of halogens is 4. The fourth-order valence-corrected chi connectivity index (χ4v) is 5.16. The minimum absolute atomic E-state index is 0.00612. The predicted molar refractivity (Wildman–Crippen MR) is 129 cm³/mol. The zero-order chi connectivity index (χ0) is 26.4. The predicted octanol–water partition coefficient (Wildman–Crippen LogP) is 4.94. The molecule has 2 fully saturated rings. The molecule has 37 heavy (non-hydrogen) atoms. The molecule has 2 aliphatic rings. The molecule has 1 spiro atoms. The number of nitriles is 1. The van der Waals surface area contributed by atoms with Gasteiger partial charge in [0.15, 0.2) is 28.6 Å². The van der Waals surface area contributed by atoms with Crippen LogP contribution in [0.25, 0.3) is 0 Å². The molecule has 1 aliphatic carbocycles. The molecule has 1 unspecified atom stereocenters. The third kappa shape index (κ3) is 4.24. The molecule has 0 radical (unpaired) electrons. The number of hydrogen-bond acceptors (Lipinski definition) is 6. The summed E-state index contributed by atoms with van der Waals surface area (Å²) in [4.78, 5) is 10.5. The number of aliphatic hydroxyl groups excluding tert-OH is 1. The largest absolute Gasteiger partial charge is 0.484 e. The third-order valence-electron chi connectivity index (χ3n) is 6.63. The van der Waals surface area contributed by atoms with E-state index in [1.54, 1.807) is 35.4 Å². The quantitative estimate of drug-likeness (QED) is 0.368. The lowest BCUT2D eigenvalue weighted by Gasteiger charge is -2.46. The van der Waals surface area contributed by atoms with Gasteiger partial charge in [0, 0.05) is 18.0 Å². The van der Waals surface area contributed by atoms with Crippen molar-refractivity contribution in [2.45, 2.75) is 43.8 Å². The molecule has 1 aliphatic heterocycles. The van der Waals surface area contributed by atoms with Crippen LogP contribution < -0.4 is 14.5 Å². The molecular formula is C25H19F4N5O2S. The van der Waals surface area contributed by atoms with Crippen molar-refractivity contribution in [3.63, 3.8) is 0 Å². The smallest absolute Gasteiger partial charge is 0.419 e. The van der Waals surface area contributed by atoms with E-state index >= 15 is 4.39 Å². The van der Waals surface area contributed by atoms with E-state index in [-0.39, 0.29) is 23.2 Å². The summed E-state index contributed by atoms with van der Waals surface area (Å²) in [6.45, 7) is 0.0584. The molecule has 3 aromatic rings. The number of aromatic nitrogens is 2. The van der Waals surface area contributed by atoms with E-state index in [1.807, 2.05) is 0 Å². The molecule has 190 valence electrons. The molecule has 0 bridgehead atoms. The van der Waals surface area contributed by atoms with Crippen molar-refractivity contribution < 1.29 is 27.4 Å². The number of hydrogen-bond donors (Lipinski definition) is 1. The third-order valence-corrected chi connectivity index (χ3v) is 7.00. The van der Waals surface area contributed by atoms with Crippen LogP contribution in [0.2, 0.25) is 0 Å². The lowest BCUT2D eigenvalue weighted by atomic mass is 9.74. The fraction of sp³-hybridized carbons (Fsp3) is 0.280. The Bertz CT molecular complexity index is 1390. The minimum atomic E-state index is -4.83. The number of ether oxygens (including phenoxy) is 1. The minimum Gasteiger partial charge on any atom is -0.484 e. The zero-order valence-corrected chi connectivity index (χ0v) is 19.9. The first kappa shape index (κ1) is 24.9. The second-order valence-corrected chi connectivity index (χ2v) is 9.11. The van der Waals surface area contributed by atoms with Gasteiger partial charge in [-0.1, -0.05) is 6.07 Å². The summed E-state index contributed by atoms with van der Waals surface area (Å²) in [7, 11) is 0. The van der Waals surface area contributed by atoms with Gasteiger partial charge in [-0.2, -0.15) is 18.4 Å². The molecule has 7 nitrogen and oxygen atoms in total. The molecule has 2 aromatic heterocycles. The number of rotatable bonds is 5. The second kappa shape index (κ2) is 9.24. The summed E-state index contributed by atoms with van der Waals surface area (Å²) in [6, 6.07) is 11.7. The zero-order valence-electron chi connectivity index (χ0n) is 19.1. The van der Waals surface area contributed by atoms with Gasteiger partial charge in [0.2, 0.25) is 0 Å². The van der Waals surface area contributed by atoms with Crippen LogP contribution in [0.4, 0.5) is 28.9 Å². The molecule has 0 amide bonds. The number of thiocarbonyl (C=S) groups is 1. The Kier molecular flexibility index (Phi) is 6.21. The second-order valence-electron chi connectivity index (χ2n) is 8.74. The first-order valence-corrected chi connectivity index (χ1v) is 11.7. The van der Waals surface area contributed by atoms with Gasteiger partial charge < -0.3 is 14.7 Å². The van der Waals surface area contributed by atoms with E-state index < -0.39 is 35.0 Å². The van der Waals surface area contributed by atoms with Crippen molar-refractivity contribution in [3.8, 4) is 11.8 Å². The van der Waals surface area contributed by atoms with Crippen molar-refractivity contribution in [2.24, 2.45) is 0 Å². The molecule has 3 heterocycles. The van der Waals surface area contributed by atoms with E-state index in [4.69, 9.17) is 22.2 Å². The Hall–Kier alpha value is -3.82. The highest BCUT2D eigenvalue weighted by Crippen LogP contribution is 2.50. The maximum absolute atomic E-state index is 15.0. The van der Waals surface area contributed by atoms with Crippen LogP contribution in [-0.2, 0) is 12.8 Å². The SMILES string of the molecule is N#Cc1ncc(N2C(=S)N(c3ccc(OCc4ccccn4)c(F)c3)C3(CCC3)C2O)cc1C(F)(F)F. The summed E-state index contributed by atoms with van der Waals surface area (Å²) in [6.07, 6.45) is -1.76. The van der Waals surface area contributed by atoms with Crippen molar-refractivity contribution >= 4 is 28.7 Å². The van der Waals surface area contributed by atoms with E-state index in [0.29, 0.717) is 24.2 Å². The first-order chi connectivity index (χ1) is 17.7. The Balaban J connectivity index is 1.47. The lowest BCUT2D eigenvalue weighted by Crippen LogP contribution is -2.57. The summed E-state index contributed by atoms with van der Waals surface area (Å²) in [5.74, 6) is -0.677. The van der Waals surface area contributed by atoms with Crippen molar-refractivity contribution in [1.82, 2.24) is 9.97 Å². The van der Waals surface area contributed by atoms with Crippen LogP contribution in [0.5, 0.6) is 5.75 Å². The molecular weight excluding hydrogens is 510 g/mol. The molecule has 1 N–H and O–H groups in total. The van der Waals surface area contributed by atoms with E-state index in [0.717, 1.165) is 18.7 Å². The first-order valence-electron chi connectivity index (χ1n) is 11.3. The van der Waals surface area contributed by atoms with Gasteiger partial charge >= 0.3 is 6.18 Å². The van der Waals surface area contributed by atoms with Crippen LogP contribution in [0.15, 0.2) is 54.9 Å². The Morgan fingerprint density at radius 3 is 2.54 bits per heavy atom. The van der Waals surface area contributed by atoms with Gasteiger partial charge in [-0.15, -0.1) is 0 Å². The highest BCUT2D eigenvalue weighted by Gasteiger charge is 2.59. The van der Waals surface area contributed by atoms with Crippen LogP contribution in [0.3, 0.4) is 0 Å². The van der Waals surface area contributed by atoms with Gasteiger partial charge in [-0.25, -0.2) is 9.37 Å². The number of anilines is 2. The topological polar surface area (TPSA) is 85.5 Å². The summed E-state index contributed by atoms with van der Waals surface area (Å²) in [5, 5.41) is 20.3. The highest BCUT2D eigenvalue weighted by atomic mass is 32.1. The van der Waals surface area contributed by atoms with Crippen LogP contribution >= 0.6 is 12.2 Å². The van der Waals surface area contributed by atoms with E-state index in [9.17, 15) is 18.3 Å². The Morgan fingerprint density at radius 2 is 1.95 bits per heavy atom. The fourth-order valence-electron chi connectivity index (χ4n) is 4.67. The van der Waals surface area contributed by atoms with Crippen LogP contribution in [0, 0.1) is 17.1 Å². The number of pyridine rings is 2. The summed E-state index contributed by atoms with van der Waals surface area (Å²) < 4.78 is 61.2. The van der Waals surface area contributed by atoms with Gasteiger partial charge in [-0.05, 0) is 61.8 Å². The van der Waals surface area contributed by atoms with Crippen molar-refractivity contribution in [2.75, 3.05) is 9.80 Å². The molecule has 1 saturated heterocycles. The van der Waals surface area contributed by atoms with Gasteiger partial charge in [0.1, 0.15) is 12.7 Å². The summed E-state index contributed by atoms with van der Waals surface area (Å²) >= 11 is 5.60. The van der Waals surface area contributed by atoms with Gasteiger partial charge in [0.25, 0.3) is 0 Å². The normalized spacial score (nSPS) is 18.6. The van der Waals surface area contributed by atoms with E-state index in [1.165, 1.54) is 23.1 Å². The average Bonchev–Trinajstić information content (AvgIpc) is 3.09. The molecule has 12 heteroatoms.